The summed E-state index contributed by atoms with van der Waals surface area (Å²) in [5.41, 5.74) is 2.99. The van der Waals surface area contributed by atoms with Gasteiger partial charge in [-0.15, -0.1) is 0 Å². The Balaban J connectivity index is 1.28. The van der Waals surface area contributed by atoms with Gasteiger partial charge in [0.2, 0.25) is 0 Å². The summed E-state index contributed by atoms with van der Waals surface area (Å²) in [6, 6.07) is 9.36. The van der Waals surface area contributed by atoms with E-state index in [1.165, 1.54) is 12.3 Å². The summed E-state index contributed by atoms with van der Waals surface area (Å²) in [5, 5.41) is 1.04. The minimum Gasteiger partial charge on any atom is -0.486 e. The van der Waals surface area contributed by atoms with E-state index in [1.807, 2.05) is 26.0 Å². The Morgan fingerprint density at radius 3 is 2.61 bits per heavy atom. The zero-order chi connectivity index (χ0) is 26.4. The quantitative estimate of drug-likeness (QED) is 0.357. The number of anilines is 2. The van der Waals surface area contributed by atoms with Crippen LogP contribution in [0.15, 0.2) is 36.5 Å². The normalized spacial score (nSPS) is 16.3. The van der Waals surface area contributed by atoms with Gasteiger partial charge < -0.3 is 19.4 Å². The lowest BCUT2D eigenvalue weighted by molar-refractivity contribution is 0.287. The van der Waals surface area contributed by atoms with Crippen LogP contribution in [0, 0.1) is 11.6 Å². The first-order valence-electron chi connectivity index (χ1n) is 12.9. The summed E-state index contributed by atoms with van der Waals surface area (Å²) in [4.78, 5) is 20.4. The lowest BCUT2D eigenvalue weighted by atomic mass is 10.1. The molecule has 4 heterocycles. The van der Waals surface area contributed by atoms with Crippen LogP contribution >= 0.6 is 11.3 Å². The molecule has 0 radical (unpaired) electrons. The van der Waals surface area contributed by atoms with E-state index in [1.54, 1.807) is 17.4 Å². The van der Waals surface area contributed by atoms with Crippen LogP contribution in [0.4, 0.5) is 19.6 Å². The number of piperazine rings is 1. The Labute approximate surface area is 224 Å². The zero-order valence-electron chi connectivity index (χ0n) is 21.7. The second kappa shape index (κ2) is 10.1. The van der Waals surface area contributed by atoms with Crippen molar-refractivity contribution in [2.45, 2.75) is 26.3 Å². The minimum atomic E-state index is -0.590. The number of halogens is 2. The van der Waals surface area contributed by atoms with Crippen LogP contribution < -0.4 is 14.5 Å². The van der Waals surface area contributed by atoms with Gasteiger partial charge in [0.05, 0.1) is 28.6 Å². The first-order valence-corrected chi connectivity index (χ1v) is 13.7. The monoisotopic (exact) mass is 536 g/mol. The van der Waals surface area contributed by atoms with Crippen LogP contribution in [0.5, 0.6) is 5.75 Å². The van der Waals surface area contributed by atoms with Gasteiger partial charge in [-0.25, -0.2) is 23.7 Å². The minimum absolute atomic E-state index is 0.0815. The molecule has 4 aromatic rings. The van der Waals surface area contributed by atoms with Gasteiger partial charge in [-0.3, -0.25) is 0 Å². The molecule has 1 saturated heterocycles. The molecule has 2 aromatic carbocycles. The van der Waals surface area contributed by atoms with Crippen LogP contribution in [-0.2, 0) is 6.42 Å². The molecule has 0 atom stereocenters. The highest BCUT2D eigenvalue weighted by Crippen LogP contribution is 2.39. The van der Waals surface area contributed by atoms with Crippen molar-refractivity contribution in [2.24, 2.45) is 0 Å². The van der Waals surface area contributed by atoms with E-state index in [0.717, 1.165) is 47.1 Å². The second-order valence-electron chi connectivity index (χ2n) is 10.2. The Bertz CT molecular complexity index is 1480. The van der Waals surface area contributed by atoms with Crippen molar-refractivity contribution in [3.8, 4) is 17.0 Å². The van der Waals surface area contributed by atoms with E-state index >= 15 is 4.39 Å². The number of benzene rings is 2. The third-order valence-electron chi connectivity index (χ3n) is 7.18. The first kappa shape index (κ1) is 24.9. The van der Waals surface area contributed by atoms with Gasteiger partial charge in [0, 0.05) is 44.2 Å². The molecule has 0 unspecified atom stereocenters. The molecule has 198 valence electrons. The molecule has 0 bridgehead atoms. The van der Waals surface area contributed by atoms with E-state index < -0.39 is 11.6 Å². The summed E-state index contributed by atoms with van der Waals surface area (Å²) in [6.07, 6.45) is 1.58. The Morgan fingerprint density at radius 1 is 1.00 bits per heavy atom. The summed E-state index contributed by atoms with van der Waals surface area (Å²) in [7, 11) is 2.14. The van der Waals surface area contributed by atoms with Gasteiger partial charge in [-0.2, -0.15) is 0 Å². The topological polar surface area (TPSA) is 57.6 Å². The Morgan fingerprint density at radius 2 is 1.82 bits per heavy atom. The maximum Gasteiger partial charge on any atom is 0.186 e. The smallest absolute Gasteiger partial charge is 0.186 e. The first-order chi connectivity index (χ1) is 18.4. The number of rotatable bonds is 5. The fraction of sp³-hybridized carbons (Fsp3) is 0.393. The number of nitrogens with zero attached hydrogens (tertiary/aromatic N) is 6. The molecule has 0 amide bonds. The van der Waals surface area contributed by atoms with Crippen molar-refractivity contribution in [1.29, 1.82) is 0 Å². The lowest BCUT2D eigenvalue weighted by Gasteiger charge is -2.34. The van der Waals surface area contributed by atoms with E-state index in [0.29, 0.717) is 36.6 Å². The molecular formula is C28H30F2N6OS. The van der Waals surface area contributed by atoms with Crippen LogP contribution in [0.25, 0.3) is 21.5 Å². The average molecular weight is 537 g/mol. The summed E-state index contributed by atoms with van der Waals surface area (Å²) in [6.45, 7) is 9.13. The highest BCUT2D eigenvalue weighted by atomic mass is 32.1. The maximum absolute atomic E-state index is 15.0. The van der Waals surface area contributed by atoms with Gasteiger partial charge in [-0.1, -0.05) is 17.4 Å². The molecule has 0 aliphatic carbocycles. The second-order valence-corrected chi connectivity index (χ2v) is 11.2. The molecule has 0 N–H and O–H groups in total. The summed E-state index contributed by atoms with van der Waals surface area (Å²) < 4.78 is 36.6. The van der Waals surface area contributed by atoms with Gasteiger partial charge in [0.1, 0.15) is 18.1 Å². The molecule has 7 nitrogen and oxygen atoms in total. The SMILES string of the molecule is CC(C)N1CCOc2c(F)cc(-c3nc(Cc4ccc5sc(N6CCN(C)CC6)nc5c4)ncc3F)cc21. The van der Waals surface area contributed by atoms with Crippen LogP contribution in [-0.4, -0.2) is 72.3 Å². The molecule has 6 rings (SSSR count). The van der Waals surface area contributed by atoms with Crippen LogP contribution in [0.3, 0.4) is 0 Å². The molecule has 2 aromatic heterocycles. The highest BCUT2D eigenvalue weighted by molar-refractivity contribution is 7.22. The molecule has 0 saturated carbocycles. The van der Waals surface area contributed by atoms with E-state index in [-0.39, 0.29) is 17.5 Å². The van der Waals surface area contributed by atoms with Gasteiger partial charge in [-0.05, 0) is 50.7 Å². The molecule has 2 aliphatic rings. The molecular weight excluding hydrogens is 506 g/mol. The van der Waals surface area contributed by atoms with Gasteiger partial charge in [0.15, 0.2) is 22.5 Å². The predicted octanol–water partition coefficient (Wildman–Crippen LogP) is 4.98. The van der Waals surface area contributed by atoms with Crippen molar-refractivity contribution in [3.63, 3.8) is 0 Å². The number of ether oxygens (including phenoxy) is 1. The standard InChI is InChI=1S/C28H30F2N6OS/c1-17(2)36-10-11-37-27-20(29)14-19(15-23(27)36)26-21(30)16-31-25(33-26)13-18-4-5-24-22(12-18)32-28(38-24)35-8-6-34(3)7-9-35/h4-5,12,14-17H,6-11,13H2,1-3H3. The molecule has 10 heteroatoms. The lowest BCUT2D eigenvalue weighted by Crippen LogP contribution is -2.44. The summed E-state index contributed by atoms with van der Waals surface area (Å²) in [5.74, 6) is -0.443. The van der Waals surface area contributed by atoms with Crippen molar-refractivity contribution < 1.29 is 13.5 Å². The van der Waals surface area contributed by atoms with Crippen LogP contribution in [0.1, 0.15) is 25.2 Å². The number of thiazole rings is 1. The third kappa shape index (κ3) is 4.78. The molecule has 38 heavy (non-hydrogen) atoms. The number of aromatic nitrogens is 3. The van der Waals surface area contributed by atoms with Gasteiger partial charge in [0.25, 0.3) is 0 Å². The molecule has 1 fully saturated rings. The van der Waals surface area contributed by atoms with Crippen molar-refractivity contribution >= 4 is 32.4 Å². The number of fused-ring (bicyclic) bond motifs is 2. The fourth-order valence-corrected chi connectivity index (χ4v) is 6.05. The summed E-state index contributed by atoms with van der Waals surface area (Å²) >= 11 is 1.70. The van der Waals surface area contributed by atoms with Crippen molar-refractivity contribution in [2.75, 3.05) is 56.2 Å². The predicted molar refractivity (Wildman–Crippen MR) is 147 cm³/mol. The number of hydrogen-bond acceptors (Lipinski definition) is 8. The Kier molecular flexibility index (Phi) is 6.61. The van der Waals surface area contributed by atoms with Crippen molar-refractivity contribution in [1.82, 2.24) is 19.9 Å². The average Bonchev–Trinajstić information content (AvgIpc) is 3.33. The molecule has 2 aliphatic heterocycles. The van der Waals surface area contributed by atoms with Gasteiger partial charge >= 0.3 is 0 Å². The van der Waals surface area contributed by atoms with Crippen LogP contribution in [0.2, 0.25) is 0 Å². The highest BCUT2D eigenvalue weighted by Gasteiger charge is 2.26. The number of likely N-dealkylation sites (N-methyl/N-ethyl adjacent to an activating group) is 1. The number of hydrogen-bond donors (Lipinski definition) is 0. The fourth-order valence-electron chi connectivity index (χ4n) is 5.05. The maximum atomic E-state index is 15.0. The third-order valence-corrected chi connectivity index (χ3v) is 8.28. The largest absolute Gasteiger partial charge is 0.486 e. The zero-order valence-corrected chi connectivity index (χ0v) is 22.6. The van der Waals surface area contributed by atoms with E-state index in [2.05, 4.69) is 37.8 Å². The van der Waals surface area contributed by atoms with E-state index in [9.17, 15) is 4.39 Å². The van der Waals surface area contributed by atoms with E-state index in [4.69, 9.17) is 9.72 Å². The Hall–Kier alpha value is -3.37. The van der Waals surface area contributed by atoms with Crippen molar-refractivity contribution in [3.05, 3.63) is 59.6 Å². The molecule has 0 spiro atoms.